The molecule has 32 heavy (non-hydrogen) atoms. The van der Waals surface area contributed by atoms with Gasteiger partial charge in [-0.2, -0.15) is 4.31 Å². The van der Waals surface area contributed by atoms with Crippen LogP contribution in [0, 0.1) is 0 Å². The SMILES string of the molecule is COc1ccc(N(C)C(=O)Cc2ccc(OC)c(S(=O)(=O)N3CCOCC3)c2)cc1OC. The number of sulfonamides is 1. The van der Waals surface area contributed by atoms with Gasteiger partial charge >= 0.3 is 0 Å². The zero-order valence-corrected chi connectivity index (χ0v) is 19.5. The van der Waals surface area contributed by atoms with Crippen molar-refractivity contribution >= 4 is 21.6 Å². The highest BCUT2D eigenvalue weighted by Crippen LogP contribution is 2.32. The molecule has 1 fully saturated rings. The molecule has 9 nitrogen and oxygen atoms in total. The summed E-state index contributed by atoms with van der Waals surface area (Å²) >= 11 is 0. The molecule has 0 radical (unpaired) electrons. The van der Waals surface area contributed by atoms with Crippen molar-refractivity contribution in [1.82, 2.24) is 4.31 Å². The van der Waals surface area contributed by atoms with Gasteiger partial charge in [0.2, 0.25) is 15.9 Å². The van der Waals surface area contributed by atoms with Crippen LogP contribution in [-0.2, 0) is 26.0 Å². The van der Waals surface area contributed by atoms with Crippen LogP contribution in [-0.4, -0.2) is 73.3 Å². The second-order valence-corrected chi connectivity index (χ2v) is 9.08. The third-order valence-corrected chi connectivity index (χ3v) is 7.22. The number of hydrogen-bond acceptors (Lipinski definition) is 7. The van der Waals surface area contributed by atoms with Crippen molar-refractivity contribution in [2.75, 3.05) is 59.6 Å². The van der Waals surface area contributed by atoms with Crippen LogP contribution in [0.3, 0.4) is 0 Å². The first-order chi connectivity index (χ1) is 15.3. The predicted molar refractivity (Wildman–Crippen MR) is 119 cm³/mol. The van der Waals surface area contributed by atoms with E-state index in [1.807, 2.05) is 0 Å². The molecule has 1 aliphatic rings. The lowest BCUT2D eigenvalue weighted by molar-refractivity contribution is -0.117. The predicted octanol–water partition coefficient (Wildman–Crippen LogP) is 1.94. The molecule has 2 aromatic rings. The van der Waals surface area contributed by atoms with Gasteiger partial charge < -0.3 is 23.8 Å². The average molecular weight is 465 g/mol. The molecule has 0 atom stereocenters. The van der Waals surface area contributed by atoms with Gasteiger partial charge in [-0.05, 0) is 29.8 Å². The van der Waals surface area contributed by atoms with E-state index in [9.17, 15) is 13.2 Å². The highest BCUT2D eigenvalue weighted by Gasteiger charge is 2.29. The summed E-state index contributed by atoms with van der Waals surface area (Å²) in [7, 11) is 2.36. The van der Waals surface area contributed by atoms with Gasteiger partial charge in [-0.15, -0.1) is 0 Å². The van der Waals surface area contributed by atoms with Gasteiger partial charge in [0, 0.05) is 31.9 Å². The molecule has 0 aromatic heterocycles. The molecule has 1 aliphatic heterocycles. The van der Waals surface area contributed by atoms with Crippen LogP contribution in [0.1, 0.15) is 5.56 Å². The molecule has 1 heterocycles. The lowest BCUT2D eigenvalue weighted by Crippen LogP contribution is -2.40. The van der Waals surface area contributed by atoms with Crippen LogP contribution in [0.4, 0.5) is 5.69 Å². The first-order valence-corrected chi connectivity index (χ1v) is 11.5. The highest BCUT2D eigenvalue weighted by atomic mass is 32.2. The number of methoxy groups -OCH3 is 3. The summed E-state index contributed by atoms with van der Waals surface area (Å²) in [5.41, 5.74) is 1.19. The lowest BCUT2D eigenvalue weighted by atomic mass is 10.1. The number of rotatable bonds is 8. The number of amides is 1. The van der Waals surface area contributed by atoms with Gasteiger partial charge in [0.25, 0.3) is 0 Å². The summed E-state index contributed by atoms with van der Waals surface area (Å²) in [6.45, 7) is 1.24. The Labute approximate surface area is 188 Å². The Morgan fingerprint density at radius 2 is 1.59 bits per heavy atom. The molecule has 1 saturated heterocycles. The summed E-state index contributed by atoms with van der Waals surface area (Å²) in [4.78, 5) is 14.5. The fourth-order valence-electron chi connectivity index (χ4n) is 3.43. The van der Waals surface area contributed by atoms with Gasteiger partial charge in [-0.3, -0.25) is 4.79 Å². The third kappa shape index (κ3) is 4.98. The number of likely N-dealkylation sites (N-methyl/N-ethyl adjacent to an activating group) is 1. The molecule has 10 heteroatoms. The standard InChI is InChI=1S/C22H28N2O7S/c1-23(17-6-8-18(28-2)20(15-17)30-4)22(25)14-16-5-7-19(29-3)21(13-16)32(26,27)24-9-11-31-12-10-24/h5-8,13,15H,9-12,14H2,1-4H3. The maximum absolute atomic E-state index is 13.2. The van der Waals surface area contributed by atoms with E-state index in [1.165, 1.54) is 29.5 Å². The molecular formula is C22H28N2O7S. The Kier molecular flexibility index (Phi) is 7.60. The van der Waals surface area contributed by atoms with E-state index < -0.39 is 10.0 Å². The van der Waals surface area contributed by atoms with Crippen LogP contribution in [0.5, 0.6) is 17.2 Å². The van der Waals surface area contributed by atoms with E-state index >= 15 is 0 Å². The summed E-state index contributed by atoms with van der Waals surface area (Å²) in [5.74, 6) is 1.09. The molecule has 174 valence electrons. The number of ether oxygens (including phenoxy) is 4. The Balaban J connectivity index is 1.84. The van der Waals surface area contributed by atoms with Gasteiger partial charge in [0.05, 0.1) is 41.0 Å². The molecule has 0 unspecified atom stereocenters. The number of benzene rings is 2. The Morgan fingerprint density at radius 1 is 0.969 bits per heavy atom. The topological polar surface area (TPSA) is 94.6 Å². The number of morpholine rings is 1. The van der Waals surface area contributed by atoms with Crippen molar-refractivity contribution in [3.8, 4) is 17.2 Å². The number of carbonyl (C=O) groups excluding carboxylic acids is 1. The smallest absolute Gasteiger partial charge is 0.246 e. The fraction of sp³-hybridized carbons (Fsp3) is 0.409. The van der Waals surface area contributed by atoms with Crippen molar-refractivity contribution < 1.29 is 32.2 Å². The summed E-state index contributed by atoms with van der Waals surface area (Å²) in [6.07, 6.45) is 0.0144. The van der Waals surface area contributed by atoms with E-state index in [0.29, 0.717) is 36.0 Å². The largest absolute Gasteiger partial charge is 0.495 e. The lowest BCUT2D eigenvalue weighted by Gasteiger charge is -2.27. The van der Waals surface area contributed by atoms with Crippen molar-refractivity contribution in [2.45, 2.75) is 11.3 Å². The van der Waals surface area contributed by atoms with E-state index in [0.717, 1.165) is 0 Å². The molecule has 0 bridgehead atoms. The van der Waals surface area contributed by atoms with Gasteiger partial charge in [0.15, 0.2) is 11.5 Å². The number of nitrogens with zero attached hydrogens (tertiary/aromatic N) is 2. The van der Waals surface area contributed by atoms with Crippen LogP contribution >= 0.6 is 0 Å². The van der Waals surface area contributed by atoms with E-state index in [4.69, 9.17) is 18.9 Å². The van der Waals surface area contributed by atoms with E-state index in [-0.39, 0.29) is 36.1 Å². The normalized spacial score (nSPS) is 14.6. The average Bonchev–Trinajstić information content (AvgIpc) is 2.83. The number of anilines is 1. The number of carbonyl (C=O) groups is 1. The molecule has 2 aromatic carbocycles. The maximum atomic E-state index is 13.2. The number of hydrogen-bond donors (Lipinski definition) is 0. The van der Waals surface area contributed by atoms with Crippen LogP contribution in [0.25, 0.3) is 0 Å². The molecule has 1 amide bonds. The fourth-order valence-corrected chi connectivity index (χ4v) is 5.04. The second kappa shape index (κ2) is 10.2. The first kappa shape index (κ1) is 23.8. The summed E-state index contributed by atoms with van der Waals surface area (Å²) in [5, 5.41) is 0. The van der Waals surface area contributed by atoms with Crippen molar-refractivity contribution in [3.63, 3.8) is 0 Å². The van der Waals surface area contributed by atoms with Gasteiger partial charge in [0.1, 0.15) is 10.6 Å². The Bertz CT molecular complexity index is 1070. The van der Waals surface area contributed by atoms with Gasteiger partial charge in [-0.25, -0.2) is 8.42 Å². The zero-order chi connectivity index (χ0) is 23.3. The second-order valence-electron chi connectivity index (χ2n) is 7.17. The minimum Gasteiger partial charge on any atom is -0.495 e. The molecule has 0 N–H and O–H groups in total. The summed E-state index contributed by atoms with van der Waals surface area (Å²) in [6, 6.07) is 9.95. The minimum atomic E-state index is -3.78. The quantitative estimate of drug-likeness (QED) is 0.589. The highest BCUT2D eigenvalue weighted by molar-refractivity contribution is 7.89. The van der Waals surface area contributed by atoms with Crippen molar-refractivity contribution in [2.24, 2.45) is 0 Å². The monoisotopic (exact) mass is 464 g/mol. The Morgan fingerprint density at radius 3 is 2.22 bits per heavy atom. The van der Waals surface area contributed by atoms with Crippen molar-refractivity contribution in [1.29, 1.82) is 0 Å². The van der Waals surface area contributed by atoms with E-state index in [2.05, 4.69) is 0 Å². The Hall–Kier alpha value is -2.82. The zero-order valence-electron chi connectivity index (χ0n) is 18.7. The van der Waals surface area contributed by atoms with Crippen LogP contribution in [0.2, 0.25) is 0 Å². The van der Waals surface area contributed by atoms with Crippen LogP contribution in [0.15, 0.2) is 41.3 Å². The van der Waals surface area contributed by atoms with E-state index in [1.54, 1.807) is 44.5 Å². The molecule has 3 rings (SSSR count). The molecule has 0 spiro atoms. The van der Waals surface area contributed by atoms with Crippen LogP contribution < -0.4 is 19.1 Å². The molecule has 0 saturated carbocycles. The first-order valence-electron chi connectivity index (χ1n) is 10.0. The maximum Gasteiger partial charge on any atom is 0.246 e. The molecule has 0 aliphatic carbocycles. The van der Waals surface area contributed by atoms with Gasteiger partial charge in [-0.1, -0.05) is 6.07 Å². The summed E-state index contributed by atoms with van der Waals surface area (Å²) < 4.78 is 48.8. The van der Waals surface area contributed by atoms with Crippen molar-refractivity contribution in [3.05, 3.63) is 42.0 Å². The molecular weight excluding hydrogens is 436 g/mol. The minimum absolute atomic E-state index is 0.0144. The third-order valence-electron chi connectivity index (χ3n) is 5.30.